The Morgan fingerprint density at radius 2 is 1.79 bits per heavy atom. The van der Waals surface area contributed by atoms with Gasteiger partial charge in [0.15, 0.2) is 17.6 Å². The van der Waals surface area contributed by atoms with Gasteiger partial charge in [0, 0.05) is 22.7 Å². The summed E-state index contributed by atoms with van der Waals surface area (Å²) in [5, 5.41) is 11.1. The maximum atomic E-state index is 13.3. The summed E-state index contributed by atoms with van der Waals surface area (Å²) in [5.41, 5.74) is -1.12. The van der Waals surface area contributed by atoms with Crippen molar-refractivity contribution < 1.29 is 40.9 Å². The Hall–Kier alpha value is -4.37. The Labute approximate surface area is 235 Å². The van der Waals surface area contributed by atoms with E-state index >= 15 is 0 Å². The van der Waals surface area contributed by atoms with Crippen molar-refractivity contribution in [1.29, 1.82) is 0 Å². The minimum atomic E-state index is -5.09. The number of alkyl halides is 6. The van der Waals surface area contributed by atoms with Gasteiger partial charge in [0.25, 0.3) is 5.56 Å². The smallest absolute Gasteiger partial charge is 0.485 e. The van der Waals surface area contributed by atoms with Gasteiger partial charge in [-0.1, -0.05) is 12.1 Å². The fourth-order valence-electron chi connectivity index (χ4n) is 4.35. The van der Waals surface area contributed by atoms with E-state index < -0.39 is 42.2 Å². The van der Waals surface area contributed by atoms with Crippen LogP contribution in [0.1, 0.15) is 11.1 Å². The predicted molar refractivity (Wildman–Crippen MR) is 142 cm³/mol. The largest absolute Gasteiger partial charge is 0.573 e. The van der Waals surface area contributed by atoms with E-state index in [2.05, 4.69) is 9.72 Å². The molecule has 0 bridgehead atoms. The lowest BCUT2D eigenvalue weighted by Gasteiger charge is -2.16. The number of thiophene rings is 1. The van der Waals surface area contributed by atoms with Crippen molar-refractivity contribution in [1.82, 2.24) is 14.5 Å². The Morgan fingerprint density at radius 1 is 1.02 bits per heavy atom. The third kappa shape index (κ3) is 5.97. The van der Waals surface area contributed by atoms with Crippen LogP contribution in [-0.4, -0.2) is 38.3 Å². The van der Waals surface area contributed by atoms with E-state index in [-0.39, 0.29) is 38.6 Å². The molecule has 220 valence electrons. The number of benzene rings is 2. The number of hydrogen-bond acceptors (Lipinski definition) is 7. The lowest BCUT2D eigenvalue weighted by molar-refractivity contribution is -0.275. The van der Waals surface area contributed by atoms with Crippen LogP contribution < -0.4 is 20.7 Å². The van der Waals surface area contributed by atoms with Crippen LogP contribution in [0.15, 0.2) is 64.4 Å². The van der Waals surface area contributed by atoms with Crippen LogP contribution in [0.3, 0.4) is 0 Å². The van der Waals surface area contributed by atoms with Gasteiger partial charge < -0.3 is 14.6 Å². The molecule has 2 aromatic carbocycles. The summed E-state index contributed by atoms with van der Waals surface area (Å²) < 4.78 is 89.4. The van der Waals surface area contributed by atoms with Gasteiger partial charge in [0.1, 0.15) is 11.4 Å². The van der Waals surface area contributed by atoms with E-state index in [1.165, 1.54) is 19.1 Å². The van der Waals surface area contributed by atoms with Crippen LogP contribution in [0.25, 0.3) is 31.4 Å². The molecule has 0 aliphatic rings. The number of nitrogens with one attached hydrogen (secondary N) is 1. The van der Waals surface area contributed by atoms with Gasteiger partial charge in [-0.3, -0.25) is 19.3 Å². The highest BCUT2D eigenvalue weighted by Crippen LogP contribution is 2.41. The Balaban J connectivity index is 1.54. The highest BCUT2D eigenvalue weighted by Gasteiger charge is 2.39. The van der Waals surface area contributed by atoms with Gasteiger partial charge in [-0.2, -0.15) is 13.2 Å². The summed E-state index contributed by atoms with van der Waals surface area (Å²) in [6, 6.07) is 10.8. The molecule has 0 radical (unpaired) electrons. The minimum Gasteiger partial charge on any atom is -0.485 e. The molecule has 0 saturated heterocycles. The first kappa shape index (κ1) is 29.1. The molecular weight excluding hydrogens is 592 g/mol. The number of fused-ring (bicyclic) bond motifs is 2. The first-order chi connectivity index (χ1) is 19.7. The molecule has 0 unspecified atom stereocenters. The van der Waals surface area contributed by atoms with Crippen LogP contribution in [-0.2, 0) is 13.2 Å². The number of aromatic amines is 1. The third-order valence-electron chi connectivity index (χ3n) is 6.33. The predicted octanol–water partition coefficient (Wildman–Crippen LogP) is 5.68. The highest BCUT2D eigenvalue weighted by atomic mass is 32.1. The van der Waals surface area contributed by atoms with Crippen molar-refractivity contribution in [3.63, 3.8) is 0 Å². The lowest BCUT2D eigenvalue weighted by Crippen LogP contribution is -2.38. The molecule has 5 aromatic rings. The van der Waals surface area contributed by atoms with Crippen LogP contribution in [0.4, 0.5) is 26.3 Å². The number of aliphatic hydroxyl groups is 1. The zero-order valence-electron chi connectivity index (χ0n) is 21.3. The molecule has 3 heterocycles. The average Bonchev–Trinajstić information content (AvgIpc) is 3.26. The van der Waals surface area contributed by atoms with E-state index in [1.54, 1.807) is 30.6 Å². The van der Waals surface area contributed by atoms with E-state index in [9.17, 15) is 41.0 Å². The second-order valence-corrected chi connectivity index (χ2v) is 10.2. The second-order valence-electron chi connectivity index (χ2n) is 9.22. The molecule has 0 spiro atoms. The molecule has 5 rings (SSSR count). The van der Waals surface area contributed by atoms with Crippen LogP contribution in [0, 0.1) is 6.92 Å². The summed E-state index contributed by atoms with van der Waals surface area (Å²) in [4.78, 5) is 30.9. The number of ether oxygens (including phenoxy) is 2. The van der Waals surface area contributed by atoms with Crippen molar-refractivity contribution in [3.8, 4) is 21.9 Å². The van der Waals surface area contributed by atoms with Gasteiger partial charge in [-0.05, 0) is 59.3 Å². The number of hydrogen-bond donors (Lipinski definition) is 2. The van der Waals surface area contributed by atoms with Gasteiger partial charge in [0.05, 0.1) is 11.9 Å². The van der Waals surface area contributed by atoms with Crippen molar-refractivity contribution in [3.05, 3.63) is 86.8 Å². The zero-order valence-corrected chi connectivity index (χ0v) is 22.2. The van der Waals surface area contributed by atoms with E-state index in [0.29, 0.717) is 21.5 Å². The van der Waals surface area contributed by atoms with Gasteiger partial charge in [-0.15, -0.1) is 24.5 Å². The molecule has 15 heteroatoms. The van der Waals surface area contributed by atoms with Gasteiger partial charge in [-0.25, -0.2) is 4.79 Å². The summed E-state index contributed by atoms with van der Waals surface area (Å²) >= 11 is 0.709. The first-order valence-electron chi connectivity index (χ1n) is 12.1. The summed E-state index contributed by atoms with van der Waals surface area (Å²) in [6.45, 7) is 0.125. The van der Waals surface area contributed by atoms with E-state index in [0.717, 1.165) is 16.8 Å². The van der Waals surface area contributed by atoms with Crippen molar-refractivity contribution in [2.45, 2.75) is 38.7 Å². The number of aryl methyl sites for hydroxylation is 1. The van der Waals surface area contributed by atoms with Crippen LogP contribution >= 0.6 is 11.3 Å². The fraction of sp³-hybridized carbons (Fsp3) is 0.222. The fourth-order valence-corrected chi connectivity index (χ4v) is 5.66. The second kappa shape index (κ2) is 10.8. The molecule has 0 saturated carbocycles. The van der Waals surface area contributed by atoms with Crippen molar-refractivity contribution >= 4 is 32.3 Å². The number of H-pyrrole nitrogens is 1. The Kier molecular flexibility index (Phi) is 7.49. The van der Waals surface area contributed by atoms with E-state index in [4.69, 9.17) is 4.74 Å². The molecule has 42 heavy (non-hydrogen) atoms. The zero-order chi connectivity index (χ0) is 30.4. The molecule has 2 N–H and O–H groups in total. The summed E-state index contributed by atoms with van der Waals surface area (Å²) in [5.74, 6) is -0.942. The van der Waals surface area contributed by atoms with Gasteiger partial charge >= 0.3 is 18.2 Å². The minimum absolute atomic E-state index is 0.108. The number of nitrogens with zero attached hydrogens (tertiary/aromatic N) is 2. The SMILES string of the molecule is Cc1c(-c2ccc(OCc3ccc4ccncc4c3)c(OC(F)(F)F)c2)sc2c1c(=O)[nH]c(=O)n2C[C@@H](O)C(F)(F)F. The average molecular weight is 612 g/mol. The lowest BCUT2D eigenvalue weighted by atomic mass is 10.1. The van der Waals surface area contributed by atoms with Gasteiger partial charge in [0.2, 0.25) is 0 Å². The quantitative estimate of drug-likeness (QED) is 0.230. The van der Waals surface area contributed by atoms with Crippen LogP contribution in [0.5, 0.6) is 11.5 Å². The first-order valence-corrected chi connectivity index (χ1v) is 12.9. The summed E-state index contributed by atoms with van der Waals surface area (Å²) in [7, 11) is 0. The molecule has 8 nitrogen and oxygen atoms in total. The molecule has 0 fully saturated rings. The molecule has 0 amide bonds. The standard InChI is InChI=1S/C27H19F6N3O5S/c1-13-21-23(38)35-25(39)36(11-20(37)26(28,29)30)24(21)42-22(13)16-4-5-18(19(9-16)41-27(31,32)33)40-12-14-2-3-15-6-7-34-10-17(15)8-14/h2-10,20,37H,11-12H2,1H3,(H,35,38,39)/t20-/m1/s1. The van der Waals surface area contributed by atoms with E-state index in [1.807, 2.05) is 11.1 Å². The molecule has 0 aliphatic carbocycles. The monoisotopic (exact) mass is 611 g/mol. The topological polar surface area (TPSA) is 106 Å². The maximum absolute atomic E-state index is 13.3. The number of pyridine rings is 1. The number of aromatic nitrogens is 3. The highest BCUT2D eigenvalue weighted by molar-refractivity contribution is 7.22. The number of halogens is 6. The molecular formula is C27H19F6N3O5S. The normalized spacial score (nSPS) is 13.0. The summed E-state index contributed by atoms with van der Waals surface area (Å²) in [6.07, 6.45) is -9.78. The maximum Gasteiger partial charge on any atom is 0.573 e. The molecule has 3 aromatic heterocycles. The van der Waals surface area contributed by atoms with Crippen molar-refractivity contribution in [2.24, 2.45) is 0 Å². The number of aliphatic hydroxyl groups excluding tert-OH is 1. The van der Waals surface area contributed by atoms with Crippen LogP contribution in [0.2, 0.25) is 0 Å². The Morgan fingerprint density at radius 3 is 2.50 bits per heavy atom. The third-order valence-corrected chi connectivity index (χ3v) is 7.69. The molecule has 1 atom stereocenters. The number of rotatable bonds is 7. The molecule has 0 aliphatic heterocycles. The Bertz CT molecular complexity index is 1910. The van der Waals surface area contributed by atoms with Crippen molar-refractivity contribution in [2.75, 3.05) is 0 Å².